The average Bonchev–Trinajstić information content (AvgIpc) is 3.17. The molecule has 108 valence electrons. The number of aromatic amines is 1. The summed E-state index contributed by atoms with van der Waals surface area (Å²) >= 11 is 5.24. The summed E-state index contributed by atoms with van der Waals surface area (Å²) in [6.45, 7) is 0.690. The lowest BCUT2D eigenvalue weighted by atomic mass is 10.2. The van der Waals surface area contributed by atoms with Crippen LogP contribution in [0.25, 0.3) is 10.6 Å². The molecule has 2 N–H and O–H groups in total. The van der Waals surface area contributed by atoms with Gasteiger partial charge >= 0.3 is 0 Å². The maximum absolute atomic E-state index is 5.25. The third-order valence-electron chi connectivity index (χ3n) is 3.13. The van der Waals surface area contributed by atoms with E-state index in [2.05, 4.69) is 42.9 Å². The summed E-state index contributed by atoms with van der Waals surface area (Å²) in [5.74, 6) is 0.825. The molecule has 4 nitrogen and oxygen atoms in total. The van der Waals surface area contributed by atoms with Crippen LogP contribution in [0.2, 0.25) is 0 Å². The molecular formula is C15H14BrN3OS. The molecule has 2 heterocycles. The van der Waals surface area contributed by atoms with E-state index in [9.17, 15) is 0 Å². The molecule has 0 spiro atoms. The van der Waals surface area contributed by atoms with Crippen molar-refractivity contribution in [3.63, 3.8) is 0 Å². The van der Waals surface area contributed by atoms with Gasteiger partial charge < -0.3 is 10.1 Å². The summed E-state index contributed by atoms with van der Waals surface area (Å²) in [4.78, 5) is 1.19. The van der Waals surface area contributed by atoms with Gasteiger partial charge in [0.15, 0.2) is 0 Å². The zero-order chi connectivity index (χ0) is 14.7. The van der Waals surface area contributed by atoms with Gasteiger partial charge in [0, 0.05) is 22.6 Å². The Labute approximate surface area is 135 Å². The maximum Gasteiger partial charge on any atom is 0.121 e. The fraction of sp³-hybridized carbons (Fsp3) is 0.133. The Balaban J connectivity index is 1.78. The molecule has 0 fully saturated rings. The normalized spacial score (nSPS) is 10.6. The van der Waals surface area contributed by atoms with Crippen LogP contribution in [0.4, 0.5) is 5.69 Å². The van der Waals surface area contributed by atoms with Crippen molar-refractivity contribution in [1.29, 1.82) is 0 Å². The lowest BCUT2D eigenvalue weighted by molar-refractivity contribution is 0.415. The van der Waals surface area contributed by atoms with Gasteiger partial charge in [-0.25, -0.2) is 0 Å². The number of thiophene rings is 1. The van der Waals surface area contributed by atoms with Crippen LogP contribution < -0.4 is 10.1 Å². The number of hydrogen-bond donors (Lipinski definition) is 2. The zero-order valence-corrected chi connectivity index (χ0v) is 13.8. The molecule has 1 aromatic carbocycles. The Kier molecular flexibility index (Phi) is 4.26. The highest BCUT2D eigenvalue weighted by Gasteiger charge is 2.09. The highest BCUT2D eigenvalue weighted by atomic mass is 79.9. The first-order valence-electron chi connectivity index (χ1n) is 6.41. The van der Waals surface area contributed by atoms with Crippen molar-refractivity contribution in [2.24, 2.45) is 0 Å². The van der Waals surface area contributed by atoms with E-state index in [4.69, 9.17) is 4.74 Å². The van der Waals surface area contributed by atoms with Crippen molar-refractivity contribution in [1.82, 2.24) is 10.2 Å². The Hall–Kier alpha value is -1.79. The van der Waals surface area contributed by atoms with Crippen LogP contribution in [0.15, 0.2) is 46.4 Å². The predicted molar refractivity (Wildman–Crippen MR) is 89.9 cm³/mol. The van der Waals surface area contributed by atoms with Crippen molar-refractivity contribution >= 4 is 33.0 Å². The molecular weight excluding hydrogens is 350 g/mol. The Morgan fingerprint density at radius 2 is 2.29 bits per heavy atom. The van der Waals surface area contributed by atoms with Crippen LogP contribution in [0.5, 0.6) is 5.75 Å². The first-order valence-corrected chi connectivity index (χ1v) is 8.08. The number of aromatic nitrogens is 2. The SMILES string of the molecule is COc1ccc(Br)c(NCc2cn[nH]c2-c2cccs2)c1. The highest BCUT2D eigenvalue weighted by Crippen LogP contribution is 2.29. The Bertz CT molecular complexity index is 724. The molecule has 0 aliphatic rings. The van der Waals surface area contributed by atoms with Crippen LogP contribution in [0, 0.1) is 0 Å². The molecule has 0 atom stereocenters. The van der Waals surface area contributed by atoms with E-state index in [1.54, 1.807) is 18.4 Å². The number of H-pyrrole nitrogens is 1. The van der Waals surface area contributed by atoms with Crippen LogP contribution in [0.1, 0.15) is 5.56 Å². The Morgan fingerprint density at radius 3 is 3.05 bits per heavy atom. The summed E-state index contributed by atoms with van der Waals surface area (Å²) in [5, 5.41) is 12.7. The minimum Gasteiger partial charge on any atom is -0.497 e. The van der Waals surface area contributed by atoms with E-state index in [1.807, 2.05) is 30.5 Å². The van der Waals surface area contributed by atoms with E-state index in [0.29, 0.717) is 6.54 Å². The molecule has 3 rings (SSSR count). The third kappa shape index (κ3) is 3.11. The van der Waals surface area contributed by atoms with Crippen molar-refractivity contribution < 1.29 is 4.74 Å². The standard InChI is InChI=1S/C15H14BrN3OS/c1-20-11-4-5-12(16)13(7-11)17-8-10-9-18-19-15(10)14-3-2-6-21-14/h2-7,9,17H,8H2,1H3,(H,18,19). The summed E-state index contributed by atoms with van der Waals surface area (Å²) in [5.41, 5.74) is 3.19. The molecule has 21 heavy (non-hydrogen) atoms. The van der Waals surface area contributed by atoms with Gasteiger partial charge in [-0.3, -0.25) is 5.10 Å². The number of hydrogen-bond acceptors (Lipinski definition) is 4. The quantitative estimate of drug-likeness (QED) is 0.700. The summed E-state index contributed by atoms with van der Waals surface area (Å²) in [7, 11) is 1.66. The van der Waals surface area contributed by atoms with Gasteiger partial charge in [-0.15, -0.1) is 11.3 Å². The number of anilines is 1. The number of halogens is 1. The van der Waals surface area contributed by atoms with Crippen LogP contribution >= 0.6 is 27.3 Å². The zero-order valence-electron chi connectivity index (χ0n) is 11.4. The molecule has 0 bridgehead atoms. The van der Waals surface area contributed by atoms with Gasteiger partial charge in [-0.05, 0) is 39.5 Å². The molecule has 3 aromatic rings. The lowest BCUT2D eigenvalue weighted by Crippen LogP contribution is -2.00. The number of benzene rings is 1. The van der Waals surface area contributed by atoms with Crippen molar-refractivity contribution in [2.75, 3.05) is 12.4 Å². The van der Waals surface area contributed by atoms with Gasteiger partial charge in [-0.1, -0.05) is 6.07 Å². The van der Waals surface area contributed by atoms with Crippen LogP contribution in [-0.2, 0) is 6.54 Å². The van der Waals surface area contributed by atoms with E-state index in [0.717, 1.165) is 27.2 Å². The lowest BCUT2D eigenvalue weighted by Gasteiger charge is -2.10. The first-order chi connectivity index (χ1) is 10.3. The summed E-state index contributed by atoms with van der Waals surface area (Å²) in [6, 6.07) is 9.98. The van der Waals surface area contributed by atoms with E-state index < -0.39 is 0 Å². The minimum absolute atomic E-state index is 0.690. The van der Waals surface area contributed by atoms with Gasteiger partial charge in [0.1, 0.15) is 5.75 Å². The number of ether oxygens (including phenoxy) is 1. The predicted octanol–water partition coefficient (Wildman–Crippen LogP) is 4.52. The average molecular weight is 364 g/mol. The molecule has 0 aliphatic carbocycles. The van der Waals surface area contributed by atoms with Gasteiger partial charge in [0.2, 0.25) is 0 Å². The van der Waals surface area contributed by atoms with Crippen molar-refractivity contribution in [3.8, 4) is 16.3 Å². The number of nitrogens with zero attached hydrogens (tertiary/aromatic N) is 1. The number of methoxy groups -OCH3 is 1. The molecule has 0 aliphatic heterocycles. The van der Waals surface area contributed by atoms with Crippen LogP contribution in [-0.4, -0.2) is 17.3 Å². The second-order valence-corrected chi connectivity index (χ2v) is 6.25. The maximum atomic E-state index is 5.25. The third-order valence-corrected chi connectivity index (χ3v) is 4.71. The largest absolute Gasteiger partial charge is 0.497 e. The first kappa shape index (κ1) is 14.2. The number of nitrogens with one attached hydrogen (secondary N) is 2. The van der Waals surface area contributed by atoms with Gasteiger partial charge in [0.05, 0.1) is 29.6 Å². The van der Waals surface area contributed by atoms with Crippen LogP contribution in [0.3, 0.4) is 0 Å². The van der Waals surface area contributed by atoms with E-state index in [-0.39, 0.29) is 0 Å². The van der Waals surface area contributed by atoms with Crippen molar-refractivity contribution in [3.05, 3.63) is 51.9 Å². The Morgan fingerprint density at radius 1 is 1.38 bits per heavy atom. The topological polar surface area (TPSA) is 49.9 Å². The summed E-state index contributed by atoms with van der Waals surface area (Å²) in [6.07, 6.45) is 1.86. The monoisotopic (exact) mass is 363 g/mol. The van der Waals surface area contributed by atoms with Crippen molar-refractivity contribution in [2.45, 2.75) is 6.54 Å². The van der Waals surface area contributed by atoms with Gasteiger partial charge in [-0.2, -0.15) is 5.10 Å². The second kappa shape index (κ2) is 6.32. The molecule has 0 amide bonds. The highest BCUT2D eigenvalue weighted by molar-refractivity contribution is 9.10. The molecule has 2 aromatic heterocycles. The second-order valence-electron chi connectivity index (χ2n) is 4.45. The molecule has 0 saturated carbocycles. The van der Waals surface area contributed by atoms with Gasteiger partial charge in [0.25, 0.3) is 0 Å². The number of rotatable bonds is 5. The molecule has 0 radical (unpaired) electrons. The van der Waals surface area contributed by atoms with E-state index in [1.165, 1.54) is 4.88 Å². The smallest absolute Gasteiger partial charge is 0.121 e. The molecule has 6 heteroatoms. The minimum atomic E-state index is 0.690. The van der Waals surface area contributed by atoms with E-state index >= 15 is 0 Å². The fourth-order valence-corrected chi connectivity index (χ4v) is 3.18. The summed E-state index contributed by atoms with van der Waals surface area (Å²) < 4.78 is 6.26. The molecule has 0 unspecified atom stereocenters. The fourth-order valence-electron chi connectivity index (χ4n) is 2.04. The molecule has 0 saturated heterocycles.